The van der Waals surface area contributed by atoms with Gasteiger partial charge in [-0.15, -0.1) is 5.10 Å². The Bertz CT molecular complexity index is 900. The summed E-state index contributed by atoms with van der Waals surface area (Å²) < 4.78 is 1.63. The van der Waals surface area contributed by atoms with Gasteiger partial charge in [-0.05, 0) is 50.6 Å². The second kappa shape index (κ2) is 6.45. The summed E-state index contributed by atoms with van der Waals surface area (Å²) in [5.41, 5.74) is 4.49. The van der Waals surface area contributed by atoms with Crippen molar-refractivity contribution >= 4 is 23.2 Å². The zero-order chi connectivity index (χ0) is 17.3. The van der Waals surface area contributed by atoms with E-state index >= 15 is 0 Å². The molecule has 122 valence electrons. The number of aromatic nitrogens is 3. The number of hydrogen-bond acceptors (Lipinski definition) is 3. The summed E-state index contributed by atoms with van der Waals surface area (Å²) in [6, 6.07) is 13.1. The predicted molar refractivity (Wildman–Crippen MR) is 95.0 cm³/mol. The van der Waals surface area contributed by atoms with E-state index in [4.69, 9.17) is 11.6 Å². The minimum Gasteiger partial charge on any atom is -0.321 e. The SMILES string of the molecule is Cc1ccc(NC(=O)c2nnn(-c3cccc(Cl)c3C)c2C)cc1. The molecule has 0 bridgehead atoms. The van der Waals surface area contributed by atoms with Crippen molar-refractivity contribution < 1.29 is 4.79 Å². The fourth-order valence-corrected chi connectivity index (χ4v) is 2.59. The Labute approximate surface area is 145 Å². The molecule has 1 amide bonds. The van der Waals surface area contributed by atoms with Crippen LogP contribution in [0.2, 0.25) is 5.02 Å². The van der Waals surface area contributed by atoms with Gasteiger partial charge in [-0.2, -0.15) is 0 Å². The van der Waals surface area contributed by atoms with Gasteiger partial charge in [0.2, 0.25) is 0 Å². The van der Waals surface area contributed by atoms with E-state index in [9.17, 15) is 4.79 Å². The number of hydrogen-bond donors (Lipinski definition) is 1. The van der Waals surface area contributed by atoms with E-state index in [0.29, 0.717) is 10.7 Å². The molecular weight excluding hydrogens is 324 g/mol. The Morgan fingerprint density at radius 2 is 1.79 bits per heavy atom. The number of nitrogens with one attached hydrogen (secondary N) is 1. The predicted octanol–water partition coefficient (Wildman–Crippen LogP) is 4.10. The van der Waals surface area contributed by atoms with E-state index in [1.165, 1.54) is 0 Å². The van der Waals surface area contributed by atoms with E-state index < -0.39 is 0 Å². The highest BCUT2D eigenvalue weighted by Crippen LogP contribution is 2.23. The number of halogens is 1. The molecule has 0 atom stereocenters. The van der Waals surface area contributed by atoms with Crippen LogP contribution in [0.15, 0.2) is 42.5 Å². The van der Waals surface area contributed by atoms with Gasteiger partial charge in [0.1, 0.15) is 0 Å². The monoisotopic (exact) mass is 340 g/mol. The molecule has 1 heterocycles. The molecule has 0 spiro atoms. The maximum absolute atomic E-state index is 12.5. The molecule has 1 aromatic heterocycles. The molecule has 1 N–H and O–H groups in total. The number of amides is 1. The van der Waals surface area contributed by atoms with E-state index in [0.717, 1.165) is 22.5 Å². The van der Waals surface area contributed by atoms with Crippen LogP contribution in [0.5, 0.6) is 0 Å². The molecule has 0 fully saturated rings. The summed E-state index contributed by atoms with van der Waals surface area (Å²) >= 11 is 6.16. The Kier molecular flexibility index (Phi) is 4.36. The fraction of sp³-hybridized carbons (Fsp3) is 0.167. The second-order valence-corrected chi connectivity index (χ2v) is 6.05. The molecule has 2 aromatic carbocycles. The van der Waals surface area contributed by atoms with E-state index in [-0.39, 0.29) is 11.6 Å². The first-order valence-electron chi connectivity index (χ1n) is 7.53. The van der Waals surface area contributed by atoms with Gasteiger partial charge in [0.15, 0.2) is 5.69 Å². The van der Waals surface area contributed by atoms with Crippen LogP contribution in [-0.2, 0) is 0 Å². The highest BCUT2D eigenvalue weighted by atomic mass is 35.5. The number of benzene rings is 2. The minimum atomic E-state index is -0.290. The van der Waals surface area contributed by atoms with Gasteiger partial charge in [0, 0.05) is 10.7 Å². The quantitative estimate of drug-likeness (QED) is 0.781. The number of rotatable bonds is 3. The third-order valence-corrected chi connectivity index (χ3v) is 4.30. The van der Waals surface area contributed by atoms with Crippen LogP contribution in [0.4, 0.5) is 5.69 Å². The summed E-state index contributed by atoms with van der Waals surface area (Å²) in [5.74, 6) is -0.290. The van der Waals surface area contributed by atoms with Crippen molar-refractivity contribution in [2.24, 2.45) is 0 Å². The Hall–Kier alpha value is -2.66. The molecule has 0 unspecified atom stereocenters. The fourth-order valence-electron chi connectivity index (χ4n) is 2.42. The molecule has 0 aliphatic rings. The Balaban J connectivity index is 1.91. The first-order valence-corrected chi connectivity index (χ1v) is 7.91. The number of aryl methyl sites for hydroxylation is 1. The molecule has 0 saturated heterocycles. The van der Waals surface area contributed by atoms with Crippen LogP contribution in [0.3, 0.4) is 0 Å². The number of anilines is 1. The molecule has 3 rings (SSSR count). The third kappa shape index (κ3) is 3.03. The van der Waals surface area contributed by atoms with Crippen LogP contribution < -0.4 is 5.32 Å². The molecule has 0 aliphatic carbocycles. The van der Waals surface area contributed by atoms with Crippen LogP contribution >= 0.6 is 11.6 Å². The highest BCUT2D eigenvalue weighted by Gasteiger charge is 2.18. The van der Waals surface area contributed by atoms with Crippen molar-refractivity contribution in [3.63, 3.8) is 0 Å². The molecule has 0 aliphatic heterocycles. The van der Waals surface area contributed by atoms with Gasteiger partial charge in [-0.25, -0.2) is 4.68 Å². The highest BCUT2D eigenvalue weighted by molar-refractivity contribution is 6.31. The summed E-state index contributed by atoms with van der Waals surface area (Å²) in [6.45, 7) is 5.71. The van der Waals surface area contributed by atoms with Gasteiger partial charge in [-0.1, -0.05) is 40.6 Å². The third-order valence-electron chi connectivity index (χ3n) is 3.89. The van der Waals surface area contributed by atoms with Gasteiger partial charge in [0.25, 0.3) is 5.91 Å². The molecular formula is C18H17ClN4O. The summed E-state index contributed by atoms with van der Waals surface area (Å²) in [6.07, 6.45) is 0. The van der Waals surface area contributed by atoms with Crippen molar-refractivity contribution in [3.05, 3.63) is 70.0 Å². The van der Waals surface area contributed by atoms with Gasteiger partial charge < -0.3 is 5.32 Å². The maximum atomic E-state index is 12.5. The standard InChI is InChI=1S/C18H17ClN4O/c1-11-7-9-14(10-8-11)20-18(24)17-13(3)23(22-21-17)16-6-4-5-15(19)12(16)2/h4-10H,1-3H3,(H,20,24). The maximum Gasteiger partial charge on any atom is 0.278 e. The second-order valence-electron chi connectivity index (χ2n) is 5.64. The summed E-state index contributed by atoms with van der Waals surface area (Å²) in [7, 11) is 0. The van der Waals surface area contributed by atoms with Gasteiger partial charge in [0.05, 0.1) is 11.4 Å². The topological polar surface area (TPSA) is 59.8 Å². The lowest BCUT2D eigenvalue weighted by Crippen LogP contribution is -2.14. The van der Waals surface area contributed by atoms with E-state index in [1.807, 2.05) is 63.2 Å². The summed E-state index contributed by atoms with van der Waals surface area (Å²) in [5, 5.41) is 11.6. The lowest BCUT2D eigenvalue weighted by Gasteiger charge is -2.09. The Morgan fingerprint density at radius 3 is 2.50 bits per heavy atom. The minimum absolute atomic E-state index is 0.287. The lowest BCUT2D eigenvalue weighted by atomic mass is 10.2. The first-order chi connectivity index (χ1) is 11.5. The smallest absolute Gasteiger partial charge is 0.278 e. The number of carbonyl (C=O) groups is 1. The molecule has 3 aromatic rings. The summed E-state index contributed by atoms with van der Waals surface area (Å²) in [4.78, 5) is 12.5. The normalized spacial score (nSPS) is 10.7. The average Bonchev–Trinajstić information content (AvgIpc) is 2.94. The van der Waals surface area contributed by atoms with Crippen molar-refractivity contribution in [2.45, 2.75) is 20.8 Å². The van der Waals surface area contributed by atoms with Crippen molar-refractivity contribution in [2.75, 3.05) is 5.32 Å². The number of nitrogens with zero attached hydrogens (tertiary/aromatic N) is 3. The zero-order valence-corrected chi connectivity index (χ0v) is 14.4. The number of carbonyl (C=O) groups excluding carboxylic acids is 1. The lowest BCUT2D eigenvalue weighted by molar-refractivity contribution is 0.102. The first kappa shape index (κ1) is 16.2. The van der Waals surface area contributed by atoms with Crippen LogP contribution in [0, 0.1) is 20.8 Å². The molecule has 0 saturated carbocycles. The van der Waals surface area contributed by atoms with Crippen molar-refractivity contribution in [3.8, 4) is 5.69 Å². The van der Waals surface area contributed by atoms with Crippen LogP contribution in [0.25, 0.3) is 5.69 Å². The van der Waals surface area contributed by atoms with Crippen molar-refractivity contribution in [1.82, 2.24) is 15.0 Å². The largest absolute Gasteiger partial charge is 0.321 e. The molecule has 5 nitrogen and oxygen atoms in total. The average molecular weight is 341 g/mol. The van der Waals surface area contributed by atoms with Gasteiger partial charge in [-0.3, -0.25) is 4.79 Å². The molecule has 0 radical (unpaired) electrons. The zero-order valence-electron chi connectivity index (χ0n) is 13.7. The van der Waals surface area contributed by atoms with Gasteiger partial charge >= 0.3 is 0 Å². The molecule has 6 heteroatoms. The van der Waals surface area contributed by atoms with Crippen LogP contribution in [0.1, 0.15) is 27.3 Å². The molecule has 24 heavy (non-hydrogen) atoms. The van der Waals surface area contributed by atoms with E-state index in [2.05, 4.69) is 15.6 Å². The van der Waals surface area contributed by atoms with E-state index in [1.54, 1.807) is 4.68 Å². The van der Waals surface area contributed by atoms with Crippen molar-refractivity contribution in [1.29, 1.82) is 0 Å². The Morgan fingerprint density at radius 1 is 1.08 bits per heavy atom. The van der Waals surface area contributed by atoms with Crippen LogP contribution in [-0.4, -0.2) is 20.9 Å².